The molecule has 0 saturated heterocycles. The molecule has 7 rings (SSSR count). The maximum atomic E-state index is 11.7. The Morgan fingerprint density at radius 1 is 0.667 bits per heavy atom. The molecule has 0 spiro atoms. The maximum absolute atomic E-state index is 11.7. The summed E-state index contributed by atoms with van der Waals surface area (Å²) in [5.41, 5.74) is 5.50. The molecule has 6 aromatic carbocycles. The number of allylic oxidation sites excluding steroid dienone is 2. The van der Waals surface area contributed by atoms with E-state index in [9.17, 15) is 9.90 Å². The number of ketones is 1. The van der Waals surface area contributed by atoms with Gasteiger partial charge in [0.1, 0.15) is 0 Å². The minimum Gasteiger partial charge on any atom is -0.512 e. The van der Waals surface area contributed by atoms with E-state index in [2.05, 4.69) is 129 Å². The standard InChI is InChI=1S/C40H40N.C13H24O2.Ir/c1-38(2,3)22-23-10-11-24-17-34-30(18-25(24)16-23)32-20-27(40(7,8)9)21-33-31-19-26(39(4,5)6)12-13-28(31)29-14-15-41-37(34)36(29)35(32)33;1-5-10(6-2)12(14)9-13(15)11(7-3)8-4;/h10-16,18-21H,22H2,1-9H3;9-11,14H,5-8H2,1-4H3;/q-1;;/b;12-9-;. The van der Waals surface area contributed by atoms with Crippen LogP contribution in [0.1, 0.15) is 132 Å². The van der Waals surface area contributed by atoms with E-state index in [0.717, 1.165) is 48.4 Å². The van der Waals surface area contributed by atoms with Crippen LogP contribution in [-0.2, 0) is 42.2 Å². The molecule has 0 amide bonds. The van der Waals surface area contributed by atoms with Crippen molar-refractivity contribution in [1.82, 2.24) is 4.98 Å². The van der Waals surface area contributed by atoms with Crippen molar-refractivity contribution in [2.24, 2.45) is 17.3 Å². The first-order valence-electron chi connectivity index (χ1n) is 21.1. The number of nitrogens with zero attached hydrogens (tertiary/aromatic N) is 1. The maximum Gasteiger partial charge on any atom is 0.162 e. The summed E-state index contributed by atoms with van der Waals surface area (Å²) in [7, 11) is 0. The van der Waals surface area contributed by atoms with Gasteiger partial charge in [0.25, 0.3) is 0 Å². The van der Waals surface area contributed by atoms with Crippen molar-refractivity contribution in [2.75, 3.05) is 0 Å². The number of hydrogen-bond acceptors (Lipinski definition) is 3. The number of carbonyl (C=O) groups is 1. The van der Waals surface area contributed by atoms with Crippen LogP contribution in [0.2, 0.25) is 0 Å². The van der Waals surface area contributed by atoms with E-state index in [1.165, 1.54) is 71.2 Å². The molecule has 4 heteroatoms. The molecule has 1 aromatic heterocycles. The van der Waals surface area contributed by atoms with Crippen molar-refractivity contribution in [3.63, 3.8) is 0 Å². The number of aliphatic hydroxyl groups excluding tert-OH is 1. The van der Waals surface area contributed by atoms with Gasteiger partial charge >= 0.3 is 0 Å². The normalized spacial score (nSPS) is 13.1. The fraction of sp³-hybridized carbons (Fsp3) is 0.434. The van der Waals surface area contributed by atoms with Gasteiger partial charge in [-0.3, -0.25) is 9.78 Å². The van der Waals surface area contributed by atoms with Gasteiger partial charge in [-0.05, 0) is 109 Å². The van der Waals surface area contributed by atoms with Crippen molar-refractivity contribution in [3.8, 4) is 0 Å². The molecule has 0 aliphatic carbocycles. The molecule has 0 aliphatic heterocycles. The summed E-state index contributed by atoms with van der Waals surface area (Å²) in [6.07, 6.45) is 7.95. The summed E-state index contributed by atoms with van der Waals surface area (Å²) >= 11 is 0. The second-order valence-corrected chi connectivity index (χ2v) is 19.5. The Labute approximate surface area is 355 Å². The number of aromatic nitrogens is 1. The molecule has 3 nitrogen and oxygen atoms in total. The summed E-state index contributed by atoms with van der Waals surface area (Å²) in [4.78, 5) is 16.8. The predicted molar refractivity (Wildman–Crippen MR) is 244 cm³/mol. The Morgan fingerprint density at radius 2 is 1.26 bits per heavy atom. The quantitative estimate of drug-likeness (QED) is 0.0543. The molecular weight excluding hydrogens is 875 g/mol. The Kier molecular flexibility index (Phi) is 13.0. The summed E-state index contributed by atoms with van der Waals surface area (Å²) in [5.74, 6) is 0.547. The van der Waals surface area contributed by atoms with Gasteiger partial charge in [0, 0.05) is 49.7 Å². The van der Waals surface area contributed by atoms with E-state index < -0.39 is 0 Å². The van der Waals surface area contributed by atoms with Gasteiger partial charge < -0.3 is 5.11 Å². The average molecular weight is 939 g/mol. The Morgan fingerprint density at radius 3 is 1.84 bits per heavy atom. The molecule has 0 fully saturated rings. The average Bonchev–Trinajstić information content (AvgIpc) is 3.13. The molecular formula is C53H64IrNO2-. The minimum absolute atomic E-state index is 0. The topological polar surface area (TPSA) is 50.2 Å². The zero-order valence-corrected chi connectivity index (χ0v) is 39.1. The van der Waals surface area contributed by atoms with E-state index in [1.807, 2.05) is 33.9 Å². The number of benzene rings is 6. The number of rotatable bonds is 8. The van der Waals surface area contributed by atoms with Gasteiger partial charge in [-0.1, -0.05) is 148 Å². The van der Waals surface area contributed by atoms with E-state index >= 15 is 0 Å². The predicted octanol–water partition coefficient (Wildman–Crippen LogP) is 15.3. The Hall–Kier alpha value is -3.85. The van der Waals surface area contributed by atoms with Crippen LogP contribution in [0.3, 0.4) is 0 Å². The number of fused-ring (bicyclic) bond motifs is 7. The first kappa shape index (κ1) is 44.3. The molecule has 0 atom stereocenters. The Balaban J connectivity index is 0.000000333. The molecule has 57 heavy (non-hydrogen) atoms. The zero-order valence-electron chi connectivity index (χ0n) is 36.8. The van der Waals surface area contributed by atoms with E-state index in [0.29, 0.717) is 0 Å². The number of pyridine rings is 1. The van der Waals surface area contributed by atoms with Gasteiger partial charge in [-0.2, -0.15) is 0 Å². The van der Waals surface area contributed by atoms with Crippen LogP contribution >= 0.6 is 0 Å². The minimum atomic E-state index is 0. The second kappa shape index (κ2) is 16.8. The van der Waals surface area contributed by atoms with Crippen LogP contribution in [0, 0.1) is 23.3 Å². The van der Waals surface area contributed by atoms with Crippen LogP contribution in [0.5, 0.6) is 0 Å². The van der Waals surface area contributed by atoms with Crippen molar-refractivity contribution in [1.29, 1.82) is 0 Å². The first-order valence-corrected chi connectivity index (χ1v) is 21.1. The van der Waals surface area contributed by atoms with E-state index in [-0.39, 0.29) is 59.7 Å². The molecule has 1 N–H and O–H groups in total. The van der Waals surface area contributed by atoms with Crippen LogP contribution in [0.4, 0.5) is 0 Å². The smallest absolute Gasteiger partial charge is 0.162 e. The summed E-state index contributed by atoms with van der Waals surface area (Å²) in [5, 5.41) is 23.7. The third-order valence-corrected chi connectivity index (χ3v) is 12.0. The van der Waals surface area contributed by atoms with Gasteiger partial charge in [-0.15, -0.1) is 23.6 Å². The van der Waals surface area contributed by atoms with Crippen LogP contribution in [-0.4, -0.2) is 15.9 Å². The fourth-order valence-electron chi connectivity index (χ4n) is 8.54. The third-order valence-electron chi connectivity index (χ3n) is 12.0. The number of carbonyl (C=O) groups excluding carboxylic acids is 1. The van der Waals surface area contributed by atoms with E-state index in [4.69, 9.17) is 4.98 Å². The molecule has 1 heterocycles. The van der Waals surface area contributed by atoms with Crippen LogP contribution in [0.15, 0.2) is 78.7 Å². The molecule has 303 valence electrons. The van der Waals surface area contributed by atoms with Crippen molar-refractivity contribution < 1.29 is 30.0 Å². The first-order chi connectivity index (χ1) is 26.3. The summed E-state index contributed by atoms with van der Waals surface area (Å²) < 4.78 is 0. The molecule has 0 aliphatic rings. The monoisotopic (exact) mass is 939 g/mol. The molecule has 0 unspecified atom stereocenters. The molecule has 7 aromatic rings. The van der Waals surface area contributed by atoms with Crippen molar-refractivity contribution in [2.45, 2.75) is 133 Å². The van der Waals surface area contributed by atoms with Crippen molar-refractivity contribution >= 4 is 70.5 Å². The van der Waals surface area contributed by atoms with Crippen LogP contribution < -0.4 is 0 Å². The van der Waals surface area contributed by atoms with Gasteiger partial charge in [0.2, 0.25) is 0 Å². The zero-order chi connectivity index (χ0) is 40.9. The van der Waals surface area contributed by atoms with Gasteiger partial charge in [0.15, 0.2) is 5.78 Å². The molecule has 0 saturated carbocycles. The summed E-state index contributed by atoms with van der Waals surface area (Å²) in [6, 6.07) is 27.4. The molecule has 0 bridgehead atoms. The third kappa shape index (κ3) is 8.94. The van der Waals surface area contributed by atoms with Crippen molar-refractivity contribution in [3.05, 3.63) is 101 Å². The largest absolute Gasteiger partial charge is 0.512 e. The van der Waals surface area contributed by atoms with Gasteiger partial charge in [0.05, 0.1) is 5.76 Å². The molecule has 1 radical (unpaired) electrons. The number of hydrogen-bond donors (Lipinski definition) is 1. The van der Waals surface area contributed by atoms with Crippen LogP contribution in [0.25, 0.3) is 64.8 Å². The number of aliphatic hydroxyl groups is 1. The second-order valence-electron chi connectivity index (χ2n) is 19.5. The fourth-order valence-corrected chi connectivity index (χ4v) is 8.54. The Bertz CT molecular complexity index is 2580. The van der Waals surface area contributed by atoms with Gasteiger partial charge in [-0.25, -0.2) is 0 Å². The SMILES string of the molecule is CC(C)(C)Cc1ccc2[c-]c3c(cc2c1)c1cc(C(C)(C)C)cc2c4cc(C(C)(C)C)ccc4c4ccnc3c4c12.CCC(CC)C(=O)/C=C(\O)C(CC)CC.[Ir]. The summed E-state index contributed by atoms with van der Waals surface area (Å²) in [6.45, 7) is 28.9. The van der Waals surface area contributed by atoms with E-state index in [1.54, 1.807) is 0 Å².